The Morgan fingerprint density at radius 3 is 2.67 bits per heavy atom. The van der Waals surface area contributed by atoms with Gasteiger partial charge in [0.25, 0.3) is 0 Å². The van der Waals surface area contributed by atoms with Gasteiger partial charge in [-0.15, -0.1) is 0 Å². The number of nitriles is 1. The minimum absolute atomic E-state index is 0.212. The highest BCUT2D eigenvalue weighted by Gasteiger charge is 2.06. The van der Waals surface area contributed by atoms with Crippen LogP contribution in [-0.2, 0) is 0 Å². The van der Waals surface area contributed by atoms with Gasteiger partial charge in [-0.2, -0.15) is 5.26 Å². The molecule has 0 unspecified atom stereocenters. The summed E-state index contributed by atoms with van der Waals surface area (Å²) in [6.45, 7) is 0. The smallest absolute Gasteiger partial charge is 0.146 e. The van der Waals surface area contributed by atoms with Gasteiger partial charge in [0.1, 0.15) is 5.82 Å². The molecule has 0 spiro atoms. The first-order valence-corrected chi connectivity index (χ1v) is 5.49. The van der Waals surface area contributed by atoms with E-state index in [1.165, 1.54) is 18.2 Å². The first-order valence-electron chi connectivity index (χ1n) is 5.12. The Kier molecular flexibility index (Phi) is 3.35. The average molecular weight is 262 g/mol. The second-order valence-electron chi connectivity index (χ2n) is 3.66. The van der Waals surface area contributed by atoms with Crippen LogP contribution in [0.1, 0.15) is 5.56 Å². The number of nitrogens with two attached hydrogens (primary N) is 1. The number of benzene rings is 2. The molecule has 0 aromatic heterocycles. The number of rotatable bonds is 2. The van der Waals surface area contributed by atoms with E-state index in [1.54, 1.807) is 18.2 Å². The van der Waals surface area contributed by atoms with Crippen LogP contribution in [0.25, 0.3) is 0 Å². The number of halogens is 2. The van der Waals surface area contributed by atoms with Crippen LogP contribution >= 0.6 is 11.6 Å². The van der Waals surface area contributed by atoms with Crippen molar-refractivity contribution in [2.75, 3.05) is 11.1 Å². The van der Waals surface area contributed by atoms with E-state index in [0.717, 1.165) is 0 Å². The minimum atomic E-state index is -0.443. The lowest BCUT2D eigenvalue weighted by Gasteiger charge is -2.10. The Bertz CT molecular complexity index is 635. The third-order valence-electron chi connectivity index (χ3n) is 2.38. The third-order valence-corrected chi connectivity index (χ3v) is 2.62. The van der Waals surface area contributed by atoms with Crippen molar-refractivity contribution in [1.29, 1.82) is 5.26 Å². The van der Waals surface area contributed by atoms with Crippen LogP contribution < -0.4 is 11.1 Å². The fourth-order valence-corrected chi connectivity index (χ4v) is 1.64. The predicted molar refractivity (Wildman–Crippen MR) is 70.3 cm³/mol. The molecule has 0 saturated carbocycles. The second kappa shape index (κ2) is 4.94. The molecule has 5 heteroatoms. The maximum absolute atomic E-state index is 13.5. The minimum Gasteiger partial charge on any atom is -0.397 e. The highest BCUT2D eigenvalue weighted by Crippen LogP contribution is 2.27. The number of nitrogens with one attached hydrogen (secondary N) is 1. The second-order valence-corrected chi connectivity index (χ2v) is 4.10. The molecule has 2 aromatic rings. The molecular weight excluding hydrogens is 253 g/mol. The van der Waals surface area contributed by atoms with Gasteiger partial charge in [-0.05, 0) is 36.4 Å². The van der Waals surface area contributed by atoms with Gasteiger partial charge in [0.15, 0.2) is 0 Å². The van der Waals surface area contributed by atoms with E-state index in [1.807, 2.05) is 6.07 Å². The summed E-state index contributed by atoms with van der Waals surface area (Å²) in [6, 6.07) is 10.9. The highest BCUT2D eigenvalue weighted by molar-refractivity contribution is 6.30. The molecule has 0 aliphatic rings. The molecule has 0 aliphatic carbocycles. The normalized spacial score (nSPS) is 9.83. The van der Waals surface area contributed by atoms with E-state index < -0.39 is 5.82 Å². The summed E-state index contributed by atoms with van der Waals surface area (Å²) >= 11 is 5.79. The van der Waals surface area contributed by atoms with Gasteiger partial charge >= 0.3 is 0 Å². The zero-order valence-electron chi connectivity index (χ0n) is 9.24. The Morgan fingerprint density at radius 1 is 1.17 bits per heavy atom. The summed E-state index contributed by atoms with van der Waals surface area (Å²) < 4.78 is 13.5. The third kappa shape index (κ3) is 2.53. The van der Waals surface area contributed by atoms with Gasteiger partial charge in [0, 0.05) is 5.02 Å². The summed E-state index contributed by atoms with van der Waals surface area (Å²) in [5.41, 5.74) is 7.30. The fourth-order valence-electron chi connectivity index (χ4n) is 1.47. The Balaban J connectivity index is 2.39. The van der Waals surface area contributed by atoms with Gasteiger partial charge in [0.2, 0.25) is 0 Å². The standard InChI is InChI=1S/C13H9ClFN3/c14-9-2-3-10(15)12(6-9)18-13-5-8(7-16)1-4-11(13)17/h1-6,18H,17H2. The topological polar surface area (TPSA) is 61.8 Å². The van der Waals surface area contributed by atoms with E-state index >= 15 is 0 Å². The number of nitrogens with zero attached hydrogens (tertiary/aromatic N) is 1. The van der Waals surface area contributed by atoms with Crippen LogP contribution in [0.4, 0.5) is 21.5 Å². The molecule has 3 N–H and O–H groups in total. The monoisotopic (exact) mass is 261 g/mol. The van der Waals surface area contributed by atoms with E-state index in [9.17, 15) is 4.39 Å². The fraction of sp³-hybridized carbons (Fsp3) is 0. The summed E-state index contributed by atoms with van der Waals surface area (Å²) in [7, 11) is 0. The average Bonchev–Trinajstić information content (AvgIpc) is 2.36. The van der Waals surface area contributed by atoms with Crippen molar-refractivity contribution >= 4 is 28.7 Å². The molecule has 2 aromatic carbocycles. The molecule has 0 fully saturated rings. The van der Waals surface area contributed by atoms with E-state index in [-0.39, 0.29) is 5.69 Å². The van der Waals surface area contributed by atoms with Crippen molar-refractivity contribution in [3.63, 3.8) is 0 Å². The number of nitrogen functional groups attached to an aromatic ring is 1. The van der Waals surface area contributed by atoms with Crippen molar-refractivity contribution < 1.29 is 4.39 Å². The summed E-state index contributed by atoms with van der Waals surface area (Å²) in [5.74, 6) is -0.443. The molecule has 0 bridgehead atoms. The van der Waals surface area contributed by atoms with Gasteiger partial charge in [-0.1, -0.05) is 11.6 Å². The summed E-state index contributed by atoms with van der Waals surface area (Å²) in [6.07, 6.45) is 0. The van der Waals surface area contributed by atoms with Crippen LogP contribution in [0.2, 0.25) is 5.02 Å². The predicted octanol–water partition coefficient (Wildman–Crippen LogP) is 3.68. The number of hydrogen-bond donors (Lipinski definition) is 2. The number of hydrogen-bond acceptors (Lipinski definition) is 3. The first kappa shape index (κ1) is 12.2. The lowest BCUT2D eigenvalue weighted by Crippen LogP contribution is -1.98. The van der Waals surface area contributed by atoms with Crippen molar-refractivity contribution in [2.24, 2.45) is 0 Å². The molecule has 2 rings (SSSR count). The van der Waals surface area contributed by atoms with Gasteiger partial charge in [-0.25, -0.2) is 4.39 Å². The molecule has 18 heavy (non-hydrogen) atoms. The largest absolute Gasteiger partial charge is 0.397 e. The molecule has 0 saturated heterocycles. The van der Waals surface area contributed by atoms with Crippen LogP contribution in [0.5, 0.6) is 0 Å². The van der Waals surface area contributed by atoms with Crippen molar-refractivity contribution in [1.82, 2.24) is 0 Å². The molecule has 0 amide bonds. The van der Waals surface area contributed by atoms with E-state index in [4.69, 9.17) is 22.6 Å². The first-order chi connectivity index (χ1) is 8.60. The quantitative estimate of drug-likeness (QED) is 0.811. The van der Waals surface area contributed by atoms with Crippen molar-refractivity contribution in [3.05, 3.63) is 52.8 Å². The van der Waals surface area contributed by atoms with Crippen molar-refractivity contribution in [2.45, 2.75) is 0 Å². The maximum Gasteiger partial charge on any atom is 0.146 e. The highest BCUT2D eigenvalue weighted by atomic mass is 35.5. The molecule has 0 aliphatic heterocycles. The molecule has 0 heterocycles. The Morgan fingerprint density at radius 2 is 1.94 bits per heavy atom. The summed E-state index contributed by atoms with van der Waals surface area (Å²) in [4.78, 5) is 0. The maximum atomic E-state index is 13.5. The Hall–Kier alpha value is -2.25. The van der Waals surface area contributed by atoms with Crippen LogP contribution in [0.3, 0.4) is 0 Å². The Labute approximate surface area is 109 Å². The van der Waals surface area contributed by atoms with Crippen LogP contribution in [0.15, 0.2) is 36.4 Å². The van der Waals surface area contributed by atoms with Gasteiger partial charge < -0.3 is 11.1 Å². The molecule has 90 valence electrons. The van der Waals surface area contributed by atoms with E-state index in [2.05, 4.69) is 5.32 Å². The zero-order valence-corrected chi connectivity index (χ0v) is 10.0. The molecule has 3 nitrogen and oxygen atoms in total. The molecule has 0 radical (unpaired) electrons. The zero-order chi connectivity index (χ0) is 13.1. The van der Waals surface area contributed by atoms with Crippen molar-refractivity contribution in [3.8, 4) is 6.07 Å². The van der Waals surface area contributed by atoms with Gasteiger partial charge in [-0.3, -0.25) is 0 Å². The van der Waals surface area contributed by atoms with E-state index in [0.29, 0.717) is 22.0 Å². The summed E-state index contributed by atoms with van der Waals surface area (Å²) in [5, 5.41) is 12.0. The lowest BCUT2D eigenvalue weighted by molar-refractivity contribution is 0.632. The lowest BCUT2D eigenvalue weighted by atomic mass is 10.2. The number of anilines is 3. The molecular formula is C13H9ClFN3. The molecule has 0 atom stereocenters. The van der Waals surface area contributed by atoms with Crippen LogP contribution in [0, 0.1) is 17.1 Å². The van der Waals surface area contributed by atoms with Gasteiger partial charge in [0.05, 0.1) is 28.7 Å². The van der Waals surface area contributed by atoms with Crippen LogP contribution in [-0.4, -0.2) is 0 Å². The SMILES string of the molecule is N#Cc1ccc(N)c(Nc2cc(Cl)ccc2F)c1.